The van der Waals surface area contributed by atoms with Crippen LogP contribution < -0.4 is 5.32 Å². The van der Waals surface area contributed by atoms with Crippen molar-refractivity contribution in [2.24, 2.45) is 5.92 Å². The fraction of sp³-hybridized carbons (Fsp3) is 0.455. The summed E-state index contributed by atoms with van der Waals surface area (Å²) in [6, 6.07) is 3.60. The Bertz CT molecular complexity index is 405. The normalized spacial score (nSPS) is 15.6. The van der Waals surface area contributed by atoms with E-state index in [0.29, 0.717) is 11.6 Å². The summed E-state index contributed by atoms with van der Waals surface area (Å²) in [6.45, 7) is 0.729. The molecule has 0 heterocycles. The number of nitro groups is 1. The lowest BCUT2D eigenvalue weighted by Crippen LogP contribution is -2.21. The minimum atomic E-state index is -0.583. The van der Waals surface area contributed by atoms with Crippen LogP contribution in [0, 0.1) is 21.8 Å². The number of hydrogen-bond acceptors (Lipinski definition) is 3. The first-order valence-corrected chi connectivity index (χ1v) is 5.34. The maximum Gasteiger partial charge on any atom is 0.295 e. The summed E-state index contributed by atoms with van der Waals surface area (Å²) in [5.41, 5.74) is 0.206. The van der Waals surface area contributed by atoms with E-state index in [4.69, 9.17) is 0 Å². The molecule has 5 heteroatoms. The lowest BCUT2D eigenvalue weighted by Gasteiger charge is -2.25. The zero-order valence-corrected chi connectivity index (χ0v) is 8.78. The van der Waals surface area contributed by atoms with Crippen molar-refractivity contribution >= 4 is 11.4 Å². The van der Waals surface area contributed by atoms with Gasteiger partial charge in [0.05, 0.1) is 11.0 Å². The molecule has 0 amide bonds. The van der Waals surface area contributed by atoms with Gasteiger partial charge >= 0.3 is 0 Å². The number of benzene rings is 1. The predicted molar refractivity (Wildman–Crippen MR) is 58.9 cm³/mol. The molecule has 1 aliphatic rings. The highest BCUT2D eigenvalue weighted by atomic mass is 19.1. The first kappa shape index (κ1) is 10.9. The number of nitrogens with one attached hydrogen (secondary N) is 1. The monoisotopic (exact) mass is 224 g/mol. The minimum absolute atomic E-state index is 0.195. The molecule has 2 rings (SSSR count). The number of halogens is 1. The second-order valence-electron chi connectivity index (χ2n) is 4.10. The van der Waals surface area contributed by atoms with Crippen LogP contribution in [0.5, 0.6) is 0 Å². The molecule has 4 nitrogen and oxygen atoms in total. The Hall–Kier alpha value is -1.65. The van der Waals surface area contributed by atoms with Crippen LogP contribution in [0.25, 0.3) is 0 Å². The van der Waals surface area contributed by atoms with Crippen LogP contribution in [0.3, 0.4) is 0 Å². The van der Waals surface area contributed by atoms with Crippen molar-refractivity contribution in [2.75, 3.05) is 11.9 Å². The highest BCUT2D eigenvalue weighted by Gasteiger charge is 2.19. The average molecular weight is 224 g/mol. The van der Waals surface area contributed by atoms with Gasteiger partial charge < -0.3 is 5.32 Å². The summed E-state index contributed by atoms with van der Waals surface area (Å²) in [4.78, 5) is 10.1. The van der Waals surface area contributed by atoms with Crippen molar-refractivity contribution in [1.29, 1.82) is 0 Å². The van der Waals surface area contributed by atoms with E-state index < -0.39 is 10.7 Å². The molecule has 86 valence electrons. The van der Waals surface area contributed by atoms with Crippen molar-refractivity contribution in [1.82, 2.24) is 0 Å². The second-order valence-corrected chi connectivity index (χ2v) is 4.10. The van der Waals surface area contributed by atoms with Crippen LogP contribution in [0.15, 0.2) is 18.2 Å². The smallest absolute Gasteiger partial charge is 0.295 e. The van der Waals surface area contributed by atoms with Gasteiger partial charge in [-0.3, -0.25) is 10.1 Å². The molecule has 0 bridgehead atoms. The SMILES string of the molecule is O=[N+]([O-])c1cc(F)ccc1NCC1CCC1. The molecular formula is C11H13FN2O2. The Labute approximate surface area is 92.6 Å². The molecule has 0 radical (unpaired) electrons. The number of nitro benzene ring substituents is 1. The summed E-state index contributed by atoms with van der Waals surface area (Å²) in [6.07, 6.45) is 3.57. The molecule has 0 atom stereocenters. The zero-order chi connectivity index (χ0) is 11.5. The Morgan fingerprint density at radius 2 is 2.25 bits per heavy atom. The van der Waals surface area contributed by atoms with Gasteiger partial charge in [-0.05, 0) is 30.9 Å². The summed E-state index contributed by atoms with van der Waals surface area (Å²) in [7, 11) is 0. The number of rotatable bonds is 4. The van der Waals surface area contributed by atoms with E-state index in [9.17, 15) is 14.5 Å². The summed E-state index contributed by atoms with van der Waals surface area (Å²) in [5, 5.41) is 13.7. The van der Waals surface area contributed by atoms with E-state index in [1.54, 1.807) is 0 Å². The van der Waals surface area contributed by atoms with E-state index in [0.717, 1.165) is 12.6 Å². The molecule has 1 fully saturated rings. The summed E-state index contributed by atoms with van der Waals surface area (Å²) in [5.74, 6) is 0.0190. The summed E-state index contributed by atoms with van der Waals surface area (Å²) >= 11 is 0. The van der Waals surface area contributed by atoms with Crippen molar-refractivity contribution < 1.29 is 9.31 Å². The Kier molecular flexibility index (Phi) is 3.03. The minimum Gasteiger partial charge on any atom is -0.379 e. The van der Waals surface area contributed by atoms with E-state index in [-0.39, 0.29) is 5.69 Å². The predicted octanol–water partition coefficient (Wildman–Crippen LogP) is 2.95. The van der Waals surface area contributed by atoms with E-state index in [1.165, 1.54) is 31.4 Å². The molecule has 1 aromatic rings. The molecule has 0 aromatic heterocycles. The molecular weight excluding hydrogens is 211 g/mol. The van der Waals surface area contributed by atoms with Gasteiger partial charge in [0.25, 0.3) is 5.69 Å². The lowest BCUT2D eigenvalue weighted by molar-refractivity contribution is -0.384. The molecule has 1 saturated carbocycles. The first-order valence-electron chi connectivity index (χ1n) is 5.34. The van der Waals surface area contributed by atoms with Gasteiger partial charge in [-0.1, -0.05) is 6.42 Å². The third-order valence-electron chi connectivity index (χ3n) is 2.96. The second kappa shape index (κ2) is 4.47. The van der Waals surface area contributed by atoms with Gasteiger partial charge in [-0.15, -0.1) is 0 Å². The molecule has 16 heavy (non-hydrogen) atoms. The van der Waals surface area contributed by atoms with Crippen LogP contribution >= 0.6 is 0 Å². The van der Waals surface area contributed by atoms with Gasteiger partial charge in [0.15, 0.2) is 0 Å². The van der Waals surface area contributed by atoms with E-state index >= 15 is 0 Å². The molecule has 1 aromatic carbocycles. The first-order chi connectivity index (χ1) is 7.66. The Balaban J connectivity index is 2.08. The third kappa shape index (κ3) is 2.29. The van der Waals surface area contributed by atoms with E-state index in [2.05, 4.69) is 5.32 Å². The van der Waals surface area contributed by atoms with Crippen molar-refractivity contribution in [3.8, 4) is 0 Å². The third-order valence-corrected chi connectivity index (χ3v) is 2.96. The van der Waals surface area contributed by atoms with Gasteiger partial charge in [0.2, 0.25) is 0 Å². The Morgan fingerprint density at radius 1 is 1.50 bits per heavy atom. The van der Waals surface area contributed by atoms with Gasteiger partial charge in [-0.25, -0.2) is 4.39 Å². The number of anilines is 1. The van der Waals surface area contributed by atoms with Gasteiger partial charge in [0.1, 0.15) is 11.5 Å². The van der Waals surface area contributed by atoms with E-state index in [1.807, 2.05) is 0 Å². The van der Waals surface area contributed by atoms with Crippen molar-refractivity contribution in [2.45, 2.75) is 19.3 Å². The molecule has 0 unspecified atom stereocenters. The summed E-state index contributed by atoms with van der Waals surface area (Å²) < 4.78 is 12.9. The van der Waals surface area contributed by atoms with Crippen molar-refractivity contribution in [3.05, 3.63) is 34.1 Å². The maximum atomic E-state index is 12.9. The van der Waals surface area contributed by atoms with Crippen molar-refractivity contribution in [3.63, 3.8) is 0 Å². The largest absolute Gasteiger partial charge is 0.379 e. The van der Waals surface area contributed by atoms with Crippen LogP contribution in [-0.4, -0.2) is 11.5 Å². The zero-order valence-electron chi connectivity index (χ0n) is 8.78. The Morgan fingerprint density at radius 3 is 2.81 bits per heavy atom. The van der Waals surface area contributed by atoms with Crippen LogP contribution in [0.4, 0.5) is 15.8 Å². The molecule has 1 N–H and O–H groups in total. The highest BCUT2D eigenvalue weighted by Crippen LogP contribution is 2.29. The maximum absolute atomic E-state index is 12.9. The van der Waals surface area contributed by atoms with Crippen LogP contribution in [0.1, 0.15) is 19.3 Å². The molecule has 1 aliphatic carbocycles. The van der Waals surface area contributed by atoms with Gasteiger partial charge in [0, 0.05) is 6.54 Å². The number of hydrogen-bond donors (Lipinski definition) is 1. The topological polar surface area (TPSA) is 55.2 Å². The standard InChI is InChI=1S/C11H13FN2O2/c12-9-4-5-10(11(6-9)14(15)16)13-7-8-2-1-3-8/h4-6,8,13H,1-3,7H2. The molecule has 0 saturated heterocycles. The highest BCUT2D eigenvalue weighted by molar-refractivity contribution is 5.61. The molecule has 0 spiro atoms. The van der Waals surface area contributed by atoms with Crippen LogP contribution in [0.2, 0.25) is 0 Å². The number of nitrogens with zero attached hydrogens (tertiary/aromatic N) is 1. The average Bonchev–Trinajstić information content (AvgIpc) is 2.17. The fourth-order valence-corrected chi connectivity index (χ4v) is 1.76. The lowest BCUT2D eigenvalue weighted by atomic mass is 9.85. The van der Waals surface area contributed by atoms with Crippen LogP contribution in [-0.2, 0) is 0 Å². The van der Waals surface area contributed by atoms with Gasteiger partial charge in [-0.2, -0.15) is 0 Å². The molecule has 0 aliphatic heterocycles. The quantitative estimate of drug-likeness (QED) is 0.631. The fourth-order valence-electron chi connectivity index (χ4n) is 1.76.